The average Bonchev–Trinajstić information content (AvgIpc) is 2.26. The molecule has 0 radical (unpaired) electrons. The van der Waals surface area contributed by atoms with E-state index >= 15 is 0 Å². The number of ether oxygens (including phenoxy) is 1. The van der Waals surface area contributed by atoms with Crippen LogP contribution in [0.1, 0.15) is 6.92 Å². The topological polar surface area (TPSA) is 107 Å². The van der Waals surface area contributed by atoms with Gasteiger partial charge in [0.05, 0.1) is 0 Å². The van der Waals surface area contributed by atoms with Crippen molar-refractivity contribution in [1.82, 2.24) is 0 Å². The molecule has 1 aromatic carbocycles. The minimum atomic E-state index is -0.829. The van der Waals surface area contributed by atoms with Crippen molar-refractivity contribution in [3.63, 3.8) is 0 Å². The Labute approximate surface area is 98.9 Å². The molecule has 0 saturated heterocycles. The van der Waals surface area contributed by atoms with Crippen LogP contribution >= 0.6 is 0 Å². The molecule has 1 rings (SSSR count). The fourth-order valence-electron chi connectivity index (χ4n) is 1.11. The molecular formula is C11H15N3O3. The van der Waals surface area contributed by atoms with Crippen LogP contribution in [0.4, 0.5) is 5.69 Å². The van der Waals surface area contributed by atoms with Gasteiger partial charge in [-0.15, -0.1) is 0 Å². The molecule has 1 aromatic rings. The van der Waals surface area contributed by atoms with Gasteiger partial charge in [0.1, 0.15) is 18.4 Å². The first-order valence-electron chi connectivity index (χ1n) is 5.04. The standard InChI is InChI=1S/C11H15N3O3/c1-7(15)14-8-2-4-9(5-3-8)17-6-10(12)11(13)16/h2-5,10H,6,12H2,1H3,(H2,13,16)(H,14,15). The zero-order valence-corrected chi connectivity index (χ0v) is 9.47. The summed E-state index contributed by atoms with van der Waals surface area (Å²) in [6.45, 7) is 1.45. The number of carbonyl (C=O) groups is 2. The fraction of sp³-hybridized carbons (Fsp3) is 0.273. The first-order valence-corrected chi connectivity index (χ1v) is 5.04. The maximum Gasteiger partial charge on any atom is 0.237 e. The van der Waals surface area contributed by atoms with E-state index < -0.39 is 11.9 Å². The summed E-state index contributed by atoms with van der Waals surface area (Å²) in [4.78, 5) is 21.4. The van der Waals surface area contributed by atoms with Crippen molar-refractivity contribution in [1.29, 1.82) is 0 Å². The lowest BCUT2D eigenvalue weighted by Crippen LogP contribution is -2.41. The molecule has 2 amide bonds. The molecule has 6 heteroatoms. The summed E-state index contributed by atoms with van der Waals surface area (Å²) in [6, 6.07) is 5.88. The van der Waals surface area contributed by atoms with Crippen LogP contribution in [0.3, 0.4) is 0 Å². The van der Waals surface area contributed by atoms with E-state index in [4.69, 9.17) is 16.2 Å². The van der Waals surface area contributed by atoms with Gasteiger partial charge in [0, 0.05) is 12.6 Å². The van der Waals surface area contributed by atoms with Crippen molar-refractivity contribution in [3.8, 4) is 5.75 Å². The molecule has 0 saturated carbocycles. The van der Waals surface area contributed by atoms with E-state index in [0.29, 0.717) is 11.4 Å². The van der Waals surface area contributed by atoms with E-state index in [2.05, 4.69) is 5.32 Å². The quantitative estimate of drug-likeness (QED) is 0.661. The number of nitrogens with two attached hydrogens (primary N) is 2. The molecule has 92 valence electrons. The predicted octanol–water partition coefficient (Wildman–Crippen LogP) is -0.164. The molecule has 0 aliphatic heterocycles. The number of hydrogen-bond donors (Lipinski definition) is 3. The van der Waals surface area contributed by atoms with Gasteiger partial charge >= 0.3 is 0 Å². The molecule has 17 heavy (non-hydrogen) atoms. The Bertz CT molecular complexity index is 403. The SMILES string of the molecule is CC(=O)Nc1ccc(OCC(N)C(N)=O)cc1. The second-order valence-corrected chi connectivity index (χ2v) is 3.53. The van der Waals surface area contributed by atoms with Crippen molar-refractivity contribution >= 4 is 17.5 Å². The second kappa shape index (κ2) is 5.86. The van der Waals surface area contributed by atoms with Gasteiger partial charge in [0.25, 0.3) is 0 Å². The third kappa shape index (κ3) is 4.52. The van der Waals surface area contributed by atoms with Gasteiger partial charge in [-0.3, -0.25) is 9.59 Å². The first-order chi connectivity index (χ1) is 7.99. The zero-order chi connectivity index (χ0) is 12.8. The van der Waals surface area contributed by atoms with E-state index in [9.17, 15) is 9.59 Å². The molecular weight excluding hydrogens is 222 g/mol. The summed E-state index contributed by atoms with van der Waals surface area (Å²) in [5.74, 6) is -0.204. The highest BCUT2D eigenvalue weighted by Crippen LogP contribution is 2.15. The third-order valence-corrected chi connectivity index (χ3v) is 1.97. The summed E-state index contributed by atoms with van der Waals surface area (Å²) < 4.78 is 5.25. The molecule has 0 spiro atoms. The lowest BCUT2D eigenvalue weighted by atomic mass is 10.3. The summed E-state index contributed by atoms with van der Waals surface area (Å²) in [7, 11) is 0. The largest absolute Gasteiger partial charge is 0.491 e. The maximum absolute atomic E-state index is 10.8. The highest BCUT2D eigenvalue weighted by Gasteiger charge is 2.09. The Kier molecular flexibility index (Phi) is 4.47. The zero-order valence-electron chi connectivity index (χ0n) is 9.47. The summed E-state index contributed by atoms with van der Waals surface area (Å²) in [5.41, 5.74) is 11.1. The van der Waals surface area contributed by atoms with E-state index in [-0.39, 0.29) is 12.5 Å². The third-order valence-electron chi connectivity index (χ3n) is 1.97. The number of carbonyl (C=O) groups excluding carboxylic acids is 2. The van der Waals surface area contributed by atoms with Crippen LogP contribution in [0.15, 0.2) is 24.3 Å². The Morgan fingerprint density at radius 2 is 1.94 bits per heavy atom. The van der Waals surface area contributed by atoms with Crippen molar-refractivity contribution in [2.75, 3.05) is 11.9 Å². The van der Waals surface area contributed by atoms with Gasteiger partial charge in [-0.05, 0) is 24.3 Å². The van der Waals surface area contributed by atoms with Crippen LogP contribution in [-0.2, 0) is 9.59 Å². The fourth-order valence-corrected chi connectivity index (χ4v) is 1.11. The average molecular weight is 237 g/mol. The Morgan fingerprint density at radius 1 is 1.35 bits per heavy atom. The van der Waals surface area contributed by atoms with Crippen molar-refractivity contribution in [2.24, 2.45) is 11.5 Å². The van der Waals surface area contributed by atoms with Crippen molar-refractivity contribution in [2.45, 2.75) is 13.0 Å². The van der Waals surface area contributed by atoms with Gasteiger partial charge in [-0.2, -0.15) is 0 Å². The van der Waals surface area contributed by atoms with E-state index in [1.807, 2.05) is 0 Å². The highest BCUT2D eigenvalue weighted by molar-refractivity contribution is 5.88. The second-order valence-electron chi connectivity index (χ2n) is 3.53. The Morgan fingerprint density at radius 3 is 2.41 bits per heavy atom. The van der Waals surface area contributed by atoms with Crippen LogP contribution < -0.4 is 21.5 Å². The monoisotopic (exact) mass is 237 g/mol. The van der Waals surface area contributed by atoms with Crippen LogP contribution in [0.5, 0.6) is 5.75 Å². The summed E-state index contributed by atoms with van der Waals surface area (Å²) >= 11 is 0. The molecule has 0 heterocycles. The number of amides is 2. The lowest BCUT2D eigenvalue weighted by Gasteiger charge is -2.10. The van der Waals surface area contributed by atoms with Crippen molar-refractivity contribution in [3.05, 3.63) is 24.3 Å². The summed E-state index contributed by atoms with van der Waals surface area (Å²) in [6.07, 6.45) is 0. The molecule has 0 fully saturated rings. The predicted molar refractivity (Wildman–Crippen MR) is 63.4 cm³/mol. The number of primary amides is 1. The van der Waals surface area contributed by atoms with Gasteiger partial charge in [0.15, 0.2) is 0 Å². The maximum atomic E-state index is 10.8. The molecule has 0 bridgehead atoms. The molecule has 0 aliphatic carbocycles. The van der Waals surface area contributed by atoms with Gasteiger partial charge in [-0.25, -0.2) is 0 Å². The van der Waals surface area contributed by atoms with Crippen LogP contribution in [0.2, 0.25) is 0 Å². The minimum absolute atomic E-state index is 0.0226. The summed E-state index contributed by atoms with van der Waals surface area (Å²) in [5, 5.41) is 2.62. The Balaban J connectivity index is 2.51. The highest BCUT2D eigenvalue weighted by atomic mass is 16.5. The van der Waals surface area contributed by atoms with Gasteiger partial charge in [0.2, 0.25) is 11.8 Å². The normalized spacial score (nSPS) is 11.6. The Hall–Kier alpha value is -2.08. The molecule has 5 N–H and O–H groups in total. The smallest absolute Gasteiger partial charge is 0.237 e. The van der Waals surface area contributed by atoms with Crippen LogP contribution in [-0.4, -0.2) is 24.5 Å². The molecule has 1 atom stereocenters. The van der Waals surface area contributed by atoms with Crippen molar-refractivity contribution < 1.29 is 14.3 Å². The molecule has 1 unspecified atom stereocenters. The van der Waals surface area contributed by atoms with E-state index in [1.54, 1.807) is 24.3 Å². The molecule has 0 aromatic heterocycles. The number of benzene rings is 1. The number of anilines is 1. The number of rotatable bonds is 5. The van der Waals surface area contributed by atoms with E-state index in [1.165, 1.54) is 6.92 Å². The van der Waals surface area contributed by atoms with Crippen LogP contribution in [0, 0.1) is 0 Å². The van der Waals surface area contributed by atoms with E-state index in [0.717, 1.165) is 0 Å². The van der Waals surface area contributed by atoms with Gasteiger partial charge < -0.3 is 21.5 Å². The first kappa shape index (κ1) is 13.0. The number of nitrogens with one attached hydrogen (secondary N) is 1. The minimum Gasteiger partial charge on any atom is -0.491 e. The molecule has 6 nitrogen and oxygen atoms in total. The number of hydrogen-bond acceptors (Lipinski definition) is 4. The van der Waals surface area contributed by atoms with Gasteiger partial charge in [-0.1, -0.05) is 0 Å². The lowest BCUT2D eigenvalue weighted by molar-refractivity contribution is -0.119. The molecule has 0 aliphatic rings. The van der Waals surface area contributed by atoms with Crippen LogP contribution in [0.25, 0.3) is 0 Å².